The van der Waals surface area contributed by atoms with E-state index in [2.05, 4.69) is 30.8 Å². The maximum absolute atomic E-state index is 5.86. The Bertz CT molecular complexity index is 220. The third-order valence-electron chi connectivity index (χ3n) is 1.86. The van der Waals surface area contributed by atoms with Crippen LogP contribution in [-0.4, -0.2) is 12.3 Å². The van der Waals surface area contributed by atoms with E-state index in [1.54, 1.807) is 0 Å². The van der Waals surface area contributed by atoms with Crippen LogP contribution >= 0.6 is 19.4 Å². The van der Waals surface area contributed by atoms with E-state index in [4.69, 9.17) is 19.4 Å². The van der Waals surface area contributed by atoms with E-state index < -0.39 is 21.6 Å². The number of halogens is 2. The fourth-order valence-corrected chi connectivity index (χ4v) is 6.89. The molecule has 0 nitrogen and oxygen atoms in total. The summed E-state index contributed by atoms with van der Waals surface area (Å²) in [5.41, 5.74) is 0. The normalized spacial score (nSPS) is 12.3. The van der Waals surface area contributed by atoms with Crippen LogP contribution in [0.1, 0.15) is 26.2 Å². The molecule has 0 aliphatic rings. The zero-order valence-corrected chi connectivity index (χ0v) is 13.0. The Hall–Kier alpha value is 1.07. The summed E-state index contributed by atoms with van der Waals surface area (Å²) in [5.74, 6) is 0. The molecule has 13 heavy (non-hydrogen) atoms. The van der Waals surface area contributed by atoms with Crippen molar-refractivity contribution < 1.29 is 13.5 Å². The molecule has 0 bridgehead atoms. The number of rotatable bonds is 4. The molecule has 0 unspecified atom stereocenters. The summed E-state index contributed by atoms with van der Waals surface area (Å²) in [6.07, 6.45) is 3.62. The van der Waals surface area contributed by atoms with Crippen LogP contribution in [0.4, 0.5) is 0 Å². The van der Waals surface area contributed by atoms with Crippen LogP contribution in [0.25, 0.3) is 0 Å². The Morgan fingerprint density at radius 1 is 1.31 bits per heavy atom. The molecule has 0 saturated heterocycles. The van der Waals surface area contributed by atoms with E-state index >= 15 is 0 Å². The van der Waals surface area contributed by atoms with Crippen molar-refractivity contribution in [3.63, 3.8) is 0 Å². The molecule has 0 heterocycles. The molecule has 0 aliphatic heterocycles. The van der Waals surface area contributed by atoms with Crippen LogP contribution in [0.5, 0.6) is 0 Å². The first-order valence-electron chi connectivity index (χ1n) is 4.50. The van der Waals surface area contributed by atoms with Gasteiger partial charge >= 0.3 is 96.3 Å². The molecule has 0 spiro atoms. The van der Waals surface area contributed by atoms with E-state index in [-0.39, 0.29) is 0 Å². The predicted molar refractivity (Wildman–Crippen MR) is 63.1 cm³/mol. The molecular weight excluding hydrogens is 308 g/mol. The van der Waals surface area contributed by atoms with Gasteiger partial charge in [0.15, 0.2) is 0 Å². The molecule has 0 aliphatic carbocycles. The standard InChI is InChI=1S/C9H18Si.2ClH.Ru/c1-6-7-8-9(2)10(3,4)5;;;/h6-8H2,1,3-5H3;2*1H;/q;;;+2/p-2. The molecule has 0 N–H and O–H groups in total. The molecule has 0 amide bonds. The fraction of sp³-hybridized carbons (Fsp3) is 0.778. The average molecular weight is 326 g/mol. The van der Waals surface area contributed by atoms with Crippen molar-refractivity contribution in [1.29, 1.82) is 0 Å². The molecule has 80 valence electrons. The number of hydrogen-bond acceptors (Lipinski definition) is 0. The molecule has 4 heteroatoms. The Morgan fingerprint density at radius 3 is 2.15 bits per heavy atom. The summed E-state index contributed by atoms with van der Waals surface area (Å²) < 4.78 is 3.31. The first-order chi connectivity index (χ1) is 5.88. The Morgan fingerprint density at radius 2 is 1.85 bits per heavy atom. The van der Waals surface area contributed by atoms with Gasteiger partial charge in [-0.2, -0.15) is 0 Å². The number of hydrogen-bond donors (Lipinski definition) is 0. The second-order valence-electron chi connectivity index (χ2n) is 4.10. The van der Waals surface area contributed by atoms with Gasteiger partial charge in [0.2, 0.25) is 0 Å². The maximum atomic E-state index is 5.86. The third kappa shape index (κ3) is 7.05. The van der Waals surface area contributed by atoms with Crippen LogP contribution in [0, 0.1) is 0 Å². The van der Waals surface area contributed by atoms with Crippen LogP contribution in [-0.2, 0) is 13.5 Å². The van der Waals surface area contributed by atoms with Gasteiger partial charge in [0.1, 0.15) is 0 Å². The summed E-state index contributed by atoms with van der Waals surface area (Å²) >= 11 is -1.72. The van der Waals surface area contributed by atoms with Crippen molar-refractivity contribution in [2.45, 2.75) is 45.8 Å². The monoisotopic (exact) mass is 326 g/mol. The number of allylic oxidation sites excluding steroid dienone is 1. The van der Waals surface area contributed by atoms with Gasteiger partial charge in [-0.05, 0) is 0 Å². The third-order valence-corrected chi connectivity index (χ3v) is 6.09. The zero-order valence-electron chi connectivity index (χ0n) is 8.73. The molecule has 0 aromatic heterocycles. The van der Waals surface area contributed by atoms with Gasteiger partial charge in [0.25, 0.3) is 0 Å². The first kappa shape index (κ1) is 14.1. The van der Waals surface area contributed by atoms with Crippen LogP contribution < -0.4 is 0 Å². The minimum absolute atomic E-state index is 1.15. The SMILES string of the molecule is CCCCC(=[C]=[Ru]([Cl])[Cl])[Si](C)(C)C. The van der Waals surface area contributed by atoms with Gasteiger partial charge in [-0.15, -0.1) is 0 Å². The molecule has 0 saturated carbocycles. The Balaban J connectivity index is 4.69. The summed E-state index contributed by atoms with van der Waals surface area (Å²) in [6.45, 7) is 9.20. The van der Waals surface area contributed by atoms with Crippen molar-refractivity contribution in [2.75, 3.05) is 0 Å². The van der Waals surface area contributed by atoms with E-state index in [1.807, 2.05) is 0 Å². The first-order valence-corrected chi connectivity index (χ1v) is 13.3. The molecule has 0 aromatic rings. The van der Waals surface area contributed by atoms with E-state index in [9.17, 15) is 0 Å². The van der Waals surface area contributed by atoms with Crippen molar-refractivity contribution in [1.82, 2.24) is 0 Å². The topological polar surface area (TPSA) is 0 Å². The van der Waals surface area contributed by atoms with E-state index in [0.717, 1.165) is 6.42 Å². The summed E-state index contributed by atoms with van der Waals surface area (Å²) in [5, 5.41) is 1.44. The second-order valence-corrected chi connectivity index (χ2v) is 14.5. The summed E-state index contributed by atoms with van der Waals surface area (Å²) in [7, 11) is 10.5. The molecule has 0 atom stereocenters. The van der Waals surface area contributed by atoms with Crippen LogP contribution in [0.2, 0.25) is 19.6 Å². The van der Waals surface area contributed by atoms with Crippen molar-refractivity contribution in [3.05, 3.63) is 5.20 Å². The molecule has 0 aromatic carbocycles. The van der Waals surface area contributed by atoms with Crippen LogP contribution in [0.15, 0.2) is 5.20 Å². The van der Waals surface area contributed by atoms with Crippen molar-refractivity contribution in [2.24, 2.45) is 0 Å². The van der Waals surface area contributed by atoms with Gasteiger partial charge in [0.05, 0.1) is 0 Å². The van der Waals surface area contributed by atoms with Gasteiger partial charge < -0.3 is 0 Å². The summed E-state index contributed by atoms with van der Waals surface area (Å²) in [4.78, 5) is 0. The van der Waals surface area contributed by atoms with Crippen molar-refractivity contribution in [3.8, 4) is 0 Å². The Labute approximate surface area is 95.8 Å². The summed E-state index contributed by atoms with van der Waals surface area (Å²) in [6, 6.07) is 0. The molecular formula is C9H18Cl2RuSi. The van der Waals surface area contributed by atoms with Gasteiger partial charge in [-0.1, -0.05) is 0 Å². The van der Waals surface area contributed by atoms with E-state index in [1.165, 1.54) is 18.0 Å². The zero-order chi connectivity index (χ0) is 10.5. The fourth-order valence-electron chi connectivity index (χ4n) is 0.986. The predicted octanol–water partition coefficient (Wildman–Crippen LogP) is 4.31. The Kier molecular flexibility index (Phi) is 7.07. The molecule has 0 fully saturated rings. The van der Waals surface area contributed by atoms with Gasteiger partial charge in [0, 0.05) is 0 Å². The van der Waals surface area contributed by atoms with Gasteiger partial charge in [-0.25, -0.2) is 0 Å². The average Bonchev–Trinajstić information content (AvgIpc) is 1.95. The second kappa shape index (κ2) is 6.53. The minimum atomic E-state index is -1.72. The van der Waals surface area contributed by atoms with E-state index in [0.29, 0.717) is 0 Å². The van der Waals surface area contributed by atoms with Gasteiger partial charge in [-0.3, -0.25) is 0 Å². The molecule has 0 rings (SSSR count). The molecule has 0 radical (unpaired) electrons. The quantitative estimate of drug-likeness (QED) is 0.676. The van der Waals surface area contributed by atoms with Crippen LogP contribution in [0.3, 0.4) is 0 Å². The number of unbranched alkanes of at least 4 members (excludes halogenated alkanes) is 1. The van der Waals surface area contributed by atoms with Crippen molar-refractivity contribution >= 4 is 31.7 Å².